The summed E-state index contributed by atoms with van der Waals surface area (Å²) >= 11 is 0. The predicted molar refractivity (Wildman–Crippen MR) is 78.5 cm³/mol. The van der Waals surface area contributed by atoms with E-state index in [0.717, 1.165) is 18.5 Å². The molecule has 0 saturated heterocycles. The van der Waals surface area contributed by atoms with Gasteiger partial charge >= 0.3 is 5.97 Å². The molecule has 110 valence electrons. The van der Waals surface area contributed by atoms with Gasteiger partial charge < -0.3 is 9.47 Å². The van der Waals surface area contributed by atoms with E-state index in [2.05, 4.69) is 16.9 Å². The number of aryl methyl sites for hydroxylation is 1. The molecule has 0 saturated carbocycles. The minimum absolute atomic E-state index is 0.337. The number of hydrogen-bond donors (Lipinski definition) is 0. The fourth-order valence-electron chi connectivity index (χ4n) is 1.82. The van der Waals surface area contributed by atoms with Crippen molar-refractivity contribution in [2.24, 2.45) is 0 Å². The van der Waals surface area contributed by atoms with Gasteiger partial charge in [0.25, 0.3) is 0 Å². The van der Waals surface area contributed by atoms with E-state index in [0.29, 0.717) is 23.8 Å². The maximum absolute atomic E-state index is 11.5. The summed E-state index contributed by atoms with van der Waals surface area (Å²) < 4.78 is 10.6. The third kappa shape index (κ3) is 4.27. The van der Waals surface area contributed by atoms with E-state index in [4.69, 9.17) is 9.47 Å². The van der Waals surface area contributed by atoms with Crippen LogP contribution in [0.25, 0.3) is 0 Å². The largest absolute Gasteiger partial charge is 0.462 e. The summed E-state index contributed by atoms with van der Waals surface area (Å²) in [5.41, 5.74) is 1.45. The second kappa shape index (κ2) is 7.38. The zero-order valence-electron chi connectivity index (χ0n) is 12.2. The lowest BCUT2D eigenvalue weighted by molar-refractivity contribution is 0.0526. The molecular formula is C16H18N2O3. The van der Waals surface area contributed by atoms with E-state index in [1.54, 1.807) is 31.2 Å². The van der Waals surface area contributed by atoms with E-state index in [-0.39, 0.29) is 5.97 Å². The molecule has 5 nitrogen and oxygen atoms in total. The Morgan fingerprint density at radius 1 is 1.14 bits per heavy atom. The van der Waals surface area contributed by atoms with Crippen LogP contribution in [0.15, 0.2) is 36.7 Å². The van der Waals surface area contributed by atoms with Gasteiger partial charge in [0.1, 0.15) is 12.1 Å². The molecule has 0 atom stereocenters. The van der Waals surface area contributed by atoms with Crippen LogP contribution in [0, 0.1) is 0 Å². The van der Waals surface area contributed by atoms with Crippen molar-refractivity contribution in [1.29, 1.82) is 0 Å². The van der Waals surface area contributed by atoms with Crippen molar-refractivity contribution in [3.63, 3.8) is 0 Å². The molecule has 1 aromatic carbocycles. The average molecular weight is 286 g/mol. The Morgan fingerprint density at radius 3 is 2.57 bits per heavy atom. The third-order valence-electron chi connectivity index (χ3n) is 2.79. The monoisotopic (exact) mass is 286 g/mol. The molecule has 0 aliphatic heterocycles. The number of ether oxygens (including phenoxy) is 2. The van der Waals surface area contributed by atoms with Crippen molar-refractivity contribution in [3.05, 3.63) is 47.9 Å². The number of carbonyl (C=O) groups is 1. The first kappa shape index (κ1) is 15.0. The summed E-state index contributed by atoms with van der Waals surface area (Å²) in [5, 5.41) is 0. The zero-order valence-corrected chi connectivity index (χ0v) is 12.2. The molecule has 0 N–H and O–H groups in total. The second-order valence-corrected chi connectivity index (χ2v) is 4.44. The van der Waals surface area contributed by atoms with Gasteiger partial charge in [-0.2, -0.15) is 0 Å². The summed E-state index contributed by atoms with van der Waals surface area (Å²) in [7, 11) is 0. The quantitative estimate of drug-likeness (QED) is 0.762. The SMILES string of the molecule is CCCc1cc(Oc2ccc(C(=O)OCC)cc2)ncn1. The highest BCUT2D eigenvalue weighted by Crippen LogP contribution is 2.20. The number of esters is 1. The number of carbonyl (C=O) groups excluding carboxylic acids is 1. The lowest BCUT2D eigenvalue weighted by Gasteiger charge is -2.06. The molecule has 0 unspecified atom stereocenters. The van der Waals surface area contributed by atoms with Crippen LogP contribution in [0.1, 0.15) is 36.3 Å². The van der Waals surface area contributed by atoms with E-state index in [9.17, 15) is 4.79 Å². The van der Waals surface area contributed by atoms with Crippen LogP contribution in [0.4, 0.5) is 0 Å². The third-order valence-corrected chi connectivity index (χ3v) is 2.79. The minimum Gasteiger partial charge on any atom is -0.462 e. The molecule has 0 aliphatic rings. The Bertz CT molecular complexity index is 597. The summed E-state index contributed by atoms with van der Waals surface area (Å²) in [6.45, 7) is 4.23. The zero-order chi connectivity index (χ0) is 15.1. The Balaban J connectivity index is 2.06. The molecular weight excluding hydrogens is 268 g/mol. The molecule has 1 heterocycles. The lowest BCUT2D eigenvalue weighted by atomic mass is 10.2. The van der Waals surface area contributed by atoms with Crippen LogP contribution in [0.2, 0.25) is 0 Å². The van der Waals surface area contributed by atoms with Crippen molar-refractivity contribution < 1.29 is 14.3 Å². The number of aromatic nitrogens is 2. The number of benzene rings is 1. The maximum Gasteiger partial charge on any atom is 0.338 e. The van der Waals surface area contributed by atoms with Gasteiger partial charge in [-0.05, 0) is 37.6 Å². The summed E-state index contributed by atoms with van der Waals surface area (Å²) in [6, 6.07) is 8.59. The number of hydrogen-bond acceptors (Lipinski definition) is 5. The molecule has 2 rings (SSSR count). The van der Waals surface area contributed by atoms with Gasteiger partial charge in [0.15, 0.2) is 0 Å². The molecule has 2 aromatic rings. The number of nitrogens with zero attached hydrogens (tertiary/aromatic N) is 2. The maximum atomic E-state index is 11.5. The van der Waals surface area contributed by atoms with Crippen LogP contribution in [0.5, 0.6) is 11.6 Å². The van der Waals surface area contributed by atoms with E-state index in [1.165, 1.54) is 6.33 Å². The first-order valence-corrected chi connectivity index (χ1v) is 6.99. The van der Waals surface area contributed by atoms with Crippen molar-refractivity contribution in [1.82, 2.24) is 9.97 Å². The second-order valence-electron chi connectivity index (χ2n) is 4.44. The van der Waals surface area contributed by atoms with Crippen molar-refractivity contribution in [3.8, 4) is 11.6 Å². The highest BCUT2D eigenvalue weighted by Gasteiger charge is 2.07. The molecule has 0 radical (unpaired) electrons. The summed E-state index contributed by atoms with van der Waals surface area (Å²) in [6.07, 6.45) is 3.40. The van der Waals surface area contributed by atoms with Crippen LogP contribution in [-0.2, 0) is 11.2 Å². The van der Waals surface area contributed by atoms with E-state index >= 15 is 0 Å². The lowest BCUT2D eigenvalue weighted by Crippen LogP contribution is -2.04. The van der Waals surface area contributed by atoms with Gasteiger partial charge in [-0.3, -0.25) is 0 Å². The molecule has 0 bridgehead atoms. The smallest absolute Gasteiger partial charge is 0.338 e. The van der Waals surface area contributed by atoms with Gasteiger partial charge in [0.2, 0.25) is 5.88 Å². The normalized spacial score (nSPS) is 10.2. The van der Waals surface area contributed by atoms with Gasteiger partial charge in [0.05, 0.1) is 12.2 Å². The molecule has 0 aliphatic carbocycles. The fraction of sp³-hybridized carbons (Fsp3) is 0.312. The highest BCUT2D eigenvalue weighted by atomic mass is 16.5. The predicted octanol–water partition coefficient (Wildman–Crippen LogP) is 3.40. The minimum atomic E-state index is -0.337. The van der Waals surface area contributed by atoms with Gasteiger partial charge in [-0.25, -0.2) is 14.8 Å². The van der Waals surface area contributed by atoms with Crippen LogP contribution < -0.4 is 4.74 Å². The summed E-state index contributed by atoms with van der Waals surface area (Å²) in [5.74, 6) is 0.776. The van der Waals surface area contributed by atoms with Crippen molar-refractivity contribution in [2.45, 2.75) is 26.7 Å². The highest BCUT2D eigenvalue weighted by molar-refractivity contribution is 5.89. The molecule has 5 heteroatoms. The molecule has 0 fully saturated rings. The first-order chi connectivity index (χ1) is 10.2. The van der Waals surface area contributed by atoms with Gasteiger partial charge in [0, 0.05) is 11.8 Å². The van der Waals surface area contributed by atoms with Crippen molar-refractivity contribution in [2.75, 3.05) is 6.61 Å². The van der Waals surface area contributed by atoms with E-state index < -0.39 is 0 Å². The standard InChI is InChI=1S/C16H18N2O3/c1-3-5-13-10-15(18-11-17-13)21-14-8-6-12(7-9-14)16(19)20-4-2/h6-11H,3-5H2,1-2H3. The average Bonchev–Trinajstić information content (AvgIpc) is 2.49. The van der Waals surface area contributed by atoms with E-state index in [1.807, 2.05) is 6.07 Å². The van der Waals surface area contributed by atoms with Crippen LogP contribution >= 0.6 is 0 Å². The topological polar surface area (TPSA) is 61.3 Å². The Morgan fingerprint density at radius 2 is 1.90 bits per heavy atom. The molecule has 0 amide bonds. The Kier molecular flexibility index (Phi) is 5.26. The number of rotatable bonds is 6. The molecule has 1 aromatic heterocycles. The van der Waals surface area contributed by atoms with Crippen molar-refractivity contribution >= 4 is 5.97 Å². The Hall–Kier alpha value is -2.43. The van der Waals surface area contributed by atoms with Crippen LogP contribution in [0.3, 0.4) is 0 Å². The van der Waals surface area contributed by atoms with Gasteiger partial charge in [-0.15, -0.1) is 0 Å². The van der Waals surface area contributed by atoms with Gasteiger partial charge in [-0.1, -0.05) is 13.3 Å². The van der Waals surface area contributed by atoms with Crippen LogP contribution in [-0.4, -0.2) is 22.5 Å². The molecule has 0 spiro atoms. The Labute approximate surface area is 124 Å². The molecule has 21 heavy (non-hydrogen) atoms. The fourth-order valence-corrected chi connectivity index (χ4v) is 1.82. The summed E-state index contributed by atoms with van der Waals surface area (Å²) in [4.78, 5) is 19.8. The first-order valence-electron chi connectivity index (χ1n) is 6.99.